The molecule has 1 fully saturated rings. The summed E-state index contributed by atoms with van der Waals surface area (Å²) in [7, 11) is 0. The van der Waals surface area contributed by atoms with Crippen molar-refractivity contribution in [1.29, 1.82) is 0 Å². The second-order valence-corrected chi connectivity index (χ2v) is 9.49. The van der Waals surface area contributed by atoms with Gasteiger partial charge in [0.25, 0.3) is 0 Å². The van der Waals surface area contributed by atoms with E-state index >= 15 is 0 Å². The molecule has 9 heteroatoms. The Hall–Kier alpha value is -0.810. The van der Waals surface area contributed by atoms with Gasteiger partial charge >= 0.3 is 0 Å². The molecule has 34 heavy (non-hydrogen) atoms. The van der Waals surface area contributed by atoms with Gasteiger partial charge in [-0.25, -0.2) is 0 Å². The Morgan fingerprint density at radius 2 is 1.47 bits per heavy atom. The van der Waals surface area contributed by atoms with Gasteiger partial charge in [0, 0.05) is 6.42 Å². The number of amides is 1. The second kappa shape index (κ2) is 18.5. The molecule has 0 aromatic carbocycles. The number of rotatable bonds is 19. The van der Waals surface area contributed by atoms with E-state index in [1.165, 1.54) is 19.3 Å². The molecule has 7 unspecified atom stereocenters. The summed E-state index contributed by atoms with van der Waals surface area (Å²) >= 11 is 0. The smallest absolute Gasteiger partial charge is 0.220 e. The number of carbonyl (C=O) groups is 1. The molecule has 0 bridgehead atoms. The van der Waals surface area contributed by atoms with Crippen molar-refractivity contribution in [3.8, 4) is 0 Å². The van der Waals surface area contributed by atoms with Gasteiger partial charge in [-0.3, -0.25) is 4.79 Å². The molecule has 9 nitrogen and oxygen atoms in total. The highest BCUT2D eigenvalue weighted by atomic mass is 16.7. The van der Waals surface area contributed by atoms with E-state index in [1.54, 1.807) is 0 Å². The fraction of sp³-hybridized carbons (Fsp3) is 0.960. The molecule has 6 N–H and O–H groups in total. The Bertz CT molecular complexity index is 521. The fourth-order valence-corrected chi connectivity index (χ4v) is 4.16. The molecule has 1 aliphatic rings. The van der Waals surface area contributed by atoms with Gasteiger partial charge < -0.3 is 40.3 Å². The number of aliphatic hydroxyl groups is 5. The van der Waals surface area contributed by atoms with E-state index in [0.717, 1.165) is 51.4 Å². The van der Waals surface area contributed by atoms with Gasteiger partial charge in [0.15, 0.2) is 6.29 Å². The summed E-state index contributed by atoms with van der Waals surface area (Å²) in [5.74, 6) is -0.164. The first-order valence-corrected chi connectivity index (χ1v) is 13.2. The number of ether oxygens (including phenoxy) is 2. The molecule has 0 aromatic heterocycles. The molecule has 1 heterocycles. The lowest BCUT2D eigenvalue weighted by atomic mass is 9.99. The molecular formula is C25H49NO8. The fourth-order valence-electron chi connectivity index (χ4n) is 4.16. The summed E-state index contributed by atoms with van der Waals surface area (Å²) in [6.45, 7) is 3.61. The standard InChI is InChI=1S/C25H49NO8/c1-3-5-7-9-11-13-15-21(29)26-18(19(28)14-12-10-8-6-4-2)17-33-25-24(32)23(31)22(30)20(16-27)34-25/h18-20,22-25,27-28,30-32H,3-17H2,1-2H3,(H,26,29). The van der Waals surface area contributed by atoms with Crippen molar-refractivity contribution in [2.24, 2.45) is 0 Å². The highest BCUT2D eigenvalue weighted by Gasteiger charge is 2.44. The normalized spacial score (nSPS) is 26.9. The third kappa shape index (κ3) is 11.7. The highest BCUT2D eigenvalue weighted by Crippen LogP contribution is 2.22. The monoisotopic (exact) mass is 491 g/mol. The number of nitrogens with one attached hydrogen (secondary N) is 1. The van der Waals surface area contributed by atoms with E-state index < -0.39 is 49.5 Å². The van der Waals surface area contributed by atoms with Crippen molar-refractivity contribution in [2.75, 3.05) is 13.2 Å². The van der Waals surface area contributed by atoms with E-state index in [0.29, 0.717) is 12.8 Å². The summed E-state index contributed by atoms with van der Waals surface area (Å²) < 4.78 is 11.0. The summed E-state index contributed by atoms with van der Waals surface area (Å²) in [6.07, 6.45) is 4.74. The van der Waals surface area contributed by atoms with Gasteiger partial charge in [-0.1, -0.05) is 78.1 Å². The van der Waals surface area contributed by atoms with Gasteiger partial charge in [-0.05, 0) is 12.8 Å². The van der Waals surface area contributed by atoms with Crippen LogP contribution in [0.3, 0.4) is 0 Å². The average molecular weight is 492 g/mol. The first-order chi connectivity index (χ1) is 16.3. The Morgan fingerprint density at radius 1 is 0.882 bits per heavy atom. The summed E-state index contributed by atoms with van der Waals surface area (Å²) in [5, 5.41) is 53.0. The van der Waals surface area contributed by atoms with Crippen molar-refractivity contribution in [1.82, 2.24) is 5.32 Å². The Kier molecular flexibility index (Phi) is 16.9. The topological polar surface area (TPSA) is 149 Å². The minimum atomic E-state index is -1.54. The highest BCUT2D eigenvalue weighted by molar-refractivity contribution is 5.76. The molecule has 0 radical (unpaired) electrons. The number of hydrogen-bond acceptors (Lipinski definition) is 8. The molecule has 1 amide bonds. The molecule has 1 saturated heterocycles. The predicted octanol–water partition coefficient (Wildman–Crippen LogP) is 1.76. The summed E-state index contributed by atoms with van der Waals surface area (Å²) in [4.78, 5) is 12.5. The van der Waals surface area contributed by atoms with Gasteiger partial charge in [0.2, 0.25) is 5.91 Å². The van der Waals surface area contributed by atoms with Crippen LogP contribution in [0.25, 0.3) is 0 Å². The zero-order valence-corrected chi connectivity index (χ0v) is 21.1. The van der Waals surface area contributed by atoms with E-state index in [-0.39, 0.29) is 12.5 Å². The summed E-state index contributed by atoms with van der Waals surface area (Å²) in [6, 6.07) is -0.703. The molecule has 1 rings (SSSR count). The van der Waals surface area contributed by atoms with Crippen molar-refractivity contribution in [2.45, 2.75) is 140 Å². The van der Waals surface area contributed by atoms with Crippen LogP contribution < -0.4 is 5.32 Å². The molecule has 7 atom stereocenters. The summed E-state index contributed by atoms with van der Waals surface area (Å²) in [5.41, 5.74) is 0. The maximum atomic E-state index is 12.5. The van der Waals surface area contributed by atoms with Crippen LogP contribution in [-0.2, 0) is 14.3 Å². The van der Waals surface area contributed by atoms with E-state index in [2.05, 4.69) is 19.2 Å². The zero-order chi connectivity index (χ0) is 25.3. The molecule has 0 spiro atoms. The van der Waals surface area contributed by atoms with Crippen LogP contribution in [0.4, 0.5) is 0 Å². The van der Waals surface area contributed by atoms with Crippen molar-refractivity contribution in [3.05, 3.63) is 0 Å². The van der Waals surface area contributed by atoms with E-state index in [9.17, 15) is 30.3 Å². The van der Waals surface area contributed by atoms with Crippen LogP contribution in [0, 0.1) is 0 Å². The molecule has 0 aromatic rings. The van der Waals surface area contributed by atoms with Crippen LogP contribution in [0.1, 0.15) is 97.3 Å². The molecule has 1 aliphatic heterocycles. The zero-order valence-electron chi connectivity index (χ0n) is 21.1. The number of hydrogen-bond donors (Lipinski definition) is 6. The number of aliphatic hydroxyl groups excluding tert-OH is 5. The van der Waals surface area contributed by atoms with Crippen molar-refractivity contribution < 1.29 is 39.8 Å². The molecule has 202 valence electrons. The lowest BCUT2D eigenvalue weighted by molar-refractivity contribution is -0.302. The Morgan fingerprint density at radius 3 is 2.09 bits per heavy atom. The van der Waals surface area contributed by atoms with Gasteiger partial charge in [-0.2, -0.15) is 0 Å². The van der Waals surface area contributed by atoms with Crippen LogP contribution in [0.15, 0.2) is 0 Å². The van der Waals surface area contributed by atoms with Crippen LogP contribution >= 0.6 is 0 Å². The maximum absolute atomic E-state index is 12.5. The van der Waals surface area contributed by atoms with Crippen molar-refractivity contribution >= 4 is 5.91 Å². The quantitative estimate of drug-likeness (QED) is 0.150. The van der Waals surface area contributed by atoms with E-state index in [1.807, 2.05) is 0 Å². The second-order valence-electron chi connectivity index (χ2n) is 9.49. The van der Waals surface area contributed by atoms with Gasteiger partial charge in [0.1, 0.15) is 24.4 Å². The largest absolute Gasteiger partial charge is 0.394 e. The van der Waals surface area contributed by atoms with Crippen LogP contribution in [0.2, 0.25) is 0 Å². The minimum absolute atomic E-state index is 0.138. The first-order valence-electron chi connectivity index (χ1n) is 13.2. The Balaban J connectivity index is 2.61. The maximum Gasteiger partial charge on any atom is 0.220 e. The van der Waals surface area contributed by atoms with Gasteiger partial charge in [-0.15, -0.1) is 0 Å². The first kappa shape index (κ1) is 31.2. The van der Waals surface area contributed by atoms with Crippen LogP contribution in [0.5, 0.6) is 0 Å². The molecule has 0 aliphatic carbocycles. The van der Waals surface area contributed by atoms with Gasteiger partial charge in [0.05, 0.1) is 25.4 Å². The lowest BCUT2D eigenvalue weighted by Crippen LogP contribution is -2.60. The lowest BCUT2D eigenvalue weighted by Gasteiger charge is -2.40. The molecular weight excluding hydrogens is 442 g/mol. The van der Waals surface area contributed by atoms with Crippen molar-refractivity contribution in [3.63, 3.8) is 0 Å². The minimum Gasteiger partial charge on any atom is -0.394 e. The third-order valence-electron chi connectivity index (χ3n) is 6.46. The molecule has 0 saturated carbocycles. The van der Waals surface area contributed by atoms with Crippen LogP contribution in [-0.4, -0.2) is 87.5 Å². The van der Waals surface area contributed by atoms with E-state index in [4.69, 9.17) is 9.47 Å². The SMILES string of the molecule is CCCCCCCCC(=O)NC(COC1OC(CO)C(O)C(O)C1O)C(O)CCCCCCC. The number of unbranched alkanes of at least 4 members (excludes halogenated alkanes) is 9. The third-order valence-corrected chi connectivity index (χ3v) is 6.46. The number of carbonyl (C=O) groups excluding carboxylic acids is 1. The predicted molar refractivity (Wildman–Crippen MR) is 129 cm³/mol. The average Bonchev–Trinajstić information content (AvgIpc) is 2.83. The Labute approximate surface area is 204 Å².